The van der Waals surface area contributed by atoms with Gasteiger partial charge in [0.05, 0.1) is 16.0 Å². The lowest BCUT2D eigenvalue weighted by molar-refractivity contribution is -0.143. The highest BCUT2D eigenvalue weighted by Crippen LogP contribution is 2.37. The molecule has 0 saturated carbocycles. The average Bonchev–Trinajstić information content (AvgIpc) is 2.66. The zero-order valence-corrected chi connectivity index (χ0v) is 17.6. The molecule has 1 saturated heterocycles. The van der Waals surface area contributed by atoms with Crippen LogP contribution in [0.15, 0.2) is 23.1 Å². The number of rotatable bonds is 5. The summed E-state index contributed by atoms with van der Waals surface area (Å²) in [6.45, 7) is 2.76. The van der Waals surface area contributed by atoms with Gasteiger partial charge in [0.2, 0.25) is 10.0 Å². The summed E-state index contributed by atoms with van der Waals surface area (Å²) in [6.07, 6.45) is -8.40. The number of piperazine rings is 1. The van der Waals surface area contributed by atoms with Crippen LogP contribution in [0, 0.1) is 0 Å². The Balaban J connectivity index is 2.23. The number of benzene rings is 1. The van der Waals surface area contributed by atoms with E-state index >= 15 is 0 Å². The van der Waals surface area contributed by atoms with Crippen molar-refractivity contribution in [2.75, 3.05) is 32.7 Å². The molecule has 0 unspecified atom stereocenters. The van der Waals surface area contributed by atoms with Gasteiger partial charge in [-0.15, -0.1) is 0 Å². The number of nitrogens with zero attached hydrogens (tertiary/aromatic N) is 2. The molecule has 1 aromatic rings. The molecule has 0 bridgehead atoms. The SMILES string of the molecule is CCCCNC(=S)N1CCN(S(=O)(=O)c2cc(C(F)(F)F)cc(C(F)(F)F)c2)CC1. The van der Waals surface area contributed by atoms with Gasteiger partial charge < -0.3 is 10.2 Å². The van der Waals surface area contributed by atoms with Crippen molar-refractivity contribution in [1.82, 2.24) is 14.5 Å². The molecule has 1 fully saturated rings. The molecule has 5 nitrogen and oxygen atoms in total. The first-order valence-corrected chi connectivity index (χ1v) is 10.9. The van der Waals surface area contributed by atoms with Crippen LogP contribution in [0.4, 0.5) is 26.3 Å². The molecule has 1 aliphatic rings. The summed E-state index contributed by atoms with van der Waals surface area (Å²) in [5, 5.41) is 3.46. The van der Waals surface area contributed by atoms with Crippen LogP contribution in [0.25, 0.3) is 0 Å². The smallest absolute Gasteiger partial charge is 0.363 e. The lowest BCUT2D eigenvalue weighted by atomic mass is 10.1. The van der Waals surface area contributed by atoms with E-state index in [-0.39, 0.29) is 44.4 Å². The minimum atomic E-state index is -5.12. The van der Waals surface area contributed by atoms with E-state index < -0.39 is 38.4 Å². The van der Waals surface area contributed by atoms with Gasteiger partial charge in [0, 0.05) is 32.7 Å². The molecule has 1 aromatic carbocycles. The maximum atomic E-state index is 13.0. The van der Waals surface area contributed by atoms with Gasteiger partial charge in [0.25, 0.3) is 0 Å². The fourth-order valence-corrected chi connectivity index (χ4v) is 4.62. The summed E-state index contributed by atoms with van der Waals surface area (Å²) in [4.78, 5) is 0.673. The first-order valence-electron chi connectivity index (χ1n) is 9.09. The molecule has 0 spiro atoms. The molecule has 0 aliphatic carbocycles. The van der Waals surface area contributed by atoms with Crippen LogP contribution in [0.2, 0.25) is 0 Å². The van der Waals surface area contributed by atoms with Crippen LogP contribution in [-0.2, 0) is 22.4 Å². The van der Waals surface area contributed by atoms with Gasteiger partial charge in [-0.3, -0.25) is 0 Å². The highest BCUT2D eigenvalue weighted by molar-refractivity contribution is 7.89. The van der Waals surface area contributed by atoms with E-state index in [1.54, 1.807) is 4.90 Å². The van der Waals surface area contributed by atoms with Crippen LogP contribution < -0.4 is 5.32 Å². The Kier molecular flexibility index (Phi) is 7.62. The van der Waals surface area contributed by atoms with Crippen molar-refractivity contribution < 1.29 is 34.8 Å². The van der Waals surface area contributed by atoms with Crippen molar-refractivity contribution in [3.8, 4) is 0 Å². The Bertz CT molecular complexity index is 831. The second-order valence-corrected chi connectivity index (χ2v) is 9.04. The first kappa shape index (κ1) is 24.7. The van der Waals surface area contributed by atoms with E-state index in [9.17, 15) is 34.8 Å². The standard InChI is InChI=1S/C17H21F6N3O2S2/c1-2-3-4-24-15(29)25-5-7-26(8-6-25)30(27,28)14-10-12(16(18,19)20)9-13(11-14)17(21,22)23/h9-11H,2-8H2,1H3,(H,24,29). The summed E-state index contributed by atoms with van der Waals surface area (Å²) < 4.78 is 105. The quantitative estimate of drug-likeness (QED) is 0.398. The normalized spacial score (nSPS) is 16.6. The lowest BCUT2D eigenvalue weighted by Crippen LogP contribution is -2.53. The number of hydrogen-bond donors (Lipinski definition) is 1. The zero-order valence-electron chi connectivity index (χ0n) is 16.0. The molecule has 1 heterocycles. The maximum absolute atomic E-state index is 13.0. The topological polar surface area (TPSA) is 52.6 Å². The number of nitrogens with one attached hydrogen (secondary N) is 1. The van der Waals surface area contributed by atoms with Crippen molar-refractivity contribution in [3.05, 3.63) is 29.3 Å². The molecule has 13 heteroatoms. The fourth-order valence-electron chi connectivity index (χ4n) is 2.84. The van der Waals surface area contributed by atoms with Gasteiger partial charge in [-0.25, -0.2) is 8.42 Å². The summed E-state index contributed by atoms with van der Waals surface area (Å²) in [5.41, 5.74) is -3.34. The molecule has 30 heavy (non-hydrogen) atoms. The molecule has 170 valence electrons. The van der Waals surface area contributed by atoms with Gasteiger partial charge in [-0.1, -0.05) is 13.3 Å². The van der Waals surface area contributed by atoms with Crippen molar-refractivity contribution in [1.29, 1.82) is 0 Å². The van der Waals surface area contributed by atoms with E-state index in [1.807, 2.05) is 6.92 Å². The molecular weight excluding hydrogens is 456 g/mol. The van der Waals surface area contributed by atoms with Crippen LogP contribution in [0.5, 0.6) is 0 Å². The number of hydrogen-bond acceptors (Lipinski definition) is 3. The first-order chi connectivity index (χ1) is 13.8. The zero-order chi connectivity index (χ0) is 22.7. The molecule has 0 atom stereocenters. The van der Waals surface area contributed by atoms with E-state index in [0.717, 1.165) is 17.1 Å². The van der Waals surface area contributed by atoms with Crippen molar-refractivity contribution in [2.45, 2.75) is 37.0 Å². The molecular formula is C17H21F6N3O2S2. The predicted molar refractivity (Wildman–Crippen MR) is 102 cm³/mol. The number of thiocarbonyl (C=S) groups is 1. The number of unbranched alkanes of at least 4 members (excludes halogenated alkanes) is 1. The third kappa shape index (κ3) is 5.97. The molecule has 2 rings (SSSR count). The van der Waals surface area contributed by atoms with E-state index in [2.05, 4.69) is 5.32 Å². The number of halogens is 6. The van der Waals surface area contributed by atoms with Crippen LogP contribution >= 0.6 is 12.2 Å². The monoisotopic (exact) mass is 477 g/mol. The van der Waals surface area contributed by atoms with Crippen LogP contribution in [0.1, 0.15) is 30.9 Å². The van der Waals surface area contributed by atoms with Crippen molar-refractivity contribution in [2.24, 2.45) is 0 Å². The second kappa shape index (κ2) is 9.27. The highest BCUT2D eigenvalue weighted by Gasteiger charge is 2.39. The minimum Gasteiger partial charge on any atom is -0.363 e. The Morgan fingerprint density at radius 2 is 1.50 bits per heavy atom. The van der Waals surface area contributed by atoms with Crippen molar-refractivity contribution >= 4 is 27.4 Å². The summed E-state index contributed by atoms with van der Waals surface area (Å²) in [5.74, 6) is 0. The predicted octanol–water partition coefficient (Wildman–Crippen LogP) is 3.71. The minimum absolute atomic E-state index is 0.0998. The van der Waals surface area contributed by atoms with Gasteiger partial charge in [0.15, 0.2) is 5.11 Å². The van der Waals surface area contributed by atoms with Gasteiger partial charge in [0.1, 0.15) is 0 Å². The highest BCUT2D eigenvalue weighted by atomic mass is 32.2. The molecule has 0 amide bonds. The summed E-state index contributed by atoms with van der Waals surface area (Å²) in [7, 11) is -4.55. The fraction of sp³-hybridized carbons (Fsp3) is 0.588. The second-order valence-electron chi connectivity index (χ2n) is 6.72. The maximum Gasteiger partial charge on any atom is 0.416 e. The van der Waals surface area contributed by atoms with Gasteiger partial charge in [-0.2, -0.15) is 30.6 Å². The largest absolute Gasteiger partial charge is 0.416 e. The summed E-state index contributed by atoms with van der Waals surface area (Å²) in [6, 6.07) is 0.360. The number of alkyl halides is 6. The average molecular weight is 477 g/mol. The Labute approximate surface area is 176 Å². The third-order valence-corrected chi connectivity index (χ3v) is 6.81. The molecule has 1 N–H and O–H groups in total. The molecule has 0 radical (unpaired) electrons. The third-order valence-electron chi connectivity index (χ3n) is 4.53. The van der Waals surface area contributed by atoms with Gasteiger partial charge in [-0.05, 0) is 36.8 Å². The Morgan fingerprint density at radius 1 is 1.00 bits per heavy atom. The lowest BCUT2D eigenvalue weighted by Gasteiger charge is -2.35. The van der Waals surface area contributed by atoms with Gasteiger partial charge >= 0.3 is 12.4 Å². The molecule has 0 aromatic heterocycles. The van der Waals surface area contributed by atoms with Crippen molar-refractivity contribution in [3.63, 3.8) is 0 Å². The summed E-state index contributed by atoms with van der Waals surface area (Å²) >= 11 is 5.23. The van der Waals surface area contributed by atoms with E-state index in [0.29, 0.717) is 11.7 Å². The Hall–Kier alpha value is -1.60. The number of sulfonamides is 1. The van der Waals surface area contributed by atoms with E-state index in [4.69, 9.17) is 12.2 Å². The van der Waals surface area contributed by atoms with Crippen LogP contribution in [-0.4, -0.2) is 55.5 Å². The van der Waals surface area contributed by atoms with Crippen LogP contribution in [0.3, 0.4) is 0 Å². The molecule has 1 aliphatic heterocycles. The Morgan fingerprint density at radius 3 is 1.93 bits per heavy atom. The van der Waals surface area contributed by atoms with E-state index in [1.165, 1.54) is 0 Å².